The van der Waals surface area contributed by atoms with E-state index in [1.54, 1.807) is 17.3 Å². The molecule has 1 N–H and O–H groups in total. The van der Waals surface area contributed by atoms with E-state index in [0.717, 1.165) is 27.8 Å². The van der Waals surface area contributed by atoms with Gasteiger partial charge in [0.1, 0.15) is 0 Å². The number of hydrogen-bond donors (Lipinski definition) is 1. The number of halogens is 1. The minimum absolute atomic E-state index is 0.274. The highest BCUT2D eigenvalue weighted by Crippen LogP contribution is 2.24. The normalized spacial score (nSPS) is 14.0. The van der Waals surface area contributed by atoms with Crippen LogP contribution < -0.4 is 5.32 Å². The summed E-state index contributed by atoms with van der Waals surface area (Å²) in [4.78, 5) is 30.8. The van der Waals surface area contributed by atoms with E-state index in [0.29, 0.717) is 24.5 Å². The van der Waals surface area contributed by atoms with Gasteiger partial charge in [-0.25, -0.2) is 0 Å². The SMILES string of the molecule is CC(NC(=O)C(=O)N1CCc2cc(Cl)ccc2C1)c1ccc(-c2ccncc2)cc1. The lowest BCUT2D eigenvalue weighted by molar-refractivity contribution is -0.146. The van der Waals surface area contributed by atoms with Gasteiger partial charge in [-0.15, -0.1) is 0 Å². The summed E-state index contributed by atoms with van der Waals surface area (Å²) in [6.45, 7) is 2.81. The van der Waals surface area contributed by atoms with Crippen LogP contribution in [-0.4, -0.2) is 28.2 Å². The van der Waals surface area contributed by atoms with Gasteiger partial charge < -0.3 is 10.2 Å². The molecule has 1 unspecified atom stereocenters. The molecule has 0 saturated carbocycles. The molecule has 1 aromatic heterocycles. The average Bonchev–Trinajstić information content (AvgIpc) is 2.78. The number of fused-ring (bicyclic) bond motifs is 1. The molecule has 5 nitrogen and oxygen atoms in total. The fourth-order valence-electron chi connectivity index (χ4n) is 3.69. The van der Waals surface area contributed by atoms with Gasteiger partial charge in [0.15, 0.2) is 0 Å². The molecular formula is C24H22ClN3O2. The maximum Gasteiger partial charge on any atom is 0.312 e. The third kappa shape index (κ3) is 4.36. The number of carbonyl (C=O) groups excluding carboxylic acids is 2. The molecule has 4 rings (SSSR count). The minimum atomic E-state index is -0.585. The van der Waals surface area contributed by atoms with Crippen molar-refractivity contribution in [1.29, 1.82) is 0 Å². The van der Waals surface area contributed by atoms with Crippen LogP contribution >= 0.6 is 11.6 Å². The number of rotatable bonds is 3. The van der Waals surface area contributed by atoms with Crippen molar-refractivity contribution in [1.82, 2.24) is 15.2 Å². The quantitative estimate of drug-likeness (QED) is 0.648. The standard InChI is InChI=1S/C24H22ClN3O2/c1-16(17-2-4-18(5-3-17)19-8-11-26-12-9-19)27-23(29)24(30)28-13-10-20-14-22(25)7-6-21(20)15-28/h2-9,11-12,14,16H,10,13,15H2,1H3,(H,27,29). The number of benzene rings is 2. The van der Waals surface area contributed by atoms with Crippen LogP contribution in [0.25, 0.3) is 11.1 Å². The van der Waals surface area contributed by atoms with Crippen molar-refractivity contribution in [2.24, 2.45) is 0 Å². The van der Waals surface area contributed by atoms with Gasteiger partial charge in [-0.3, -0.25) is 14.6 Å². The number of aromatic nitrogens is 1. The molecule has 0 saturated heterocycles. The Labute approximate surface area is 180 Å². The average molecular weight is 420 g/mol. The van der Waals surface area contributed by atoms with Crippen LogP contribution in [0.5, 0.6) is 0 Å². The Balaban J connectivity index is 1.38. The molecule has 2 heterocycles. The number of carbonyl (C=O) groups is 2. The lowest BCUT2D eigenvalue weighted by Gasteiger charge is -2.29. The number of hydrogen-bond acceptors (Lipinski definition) is 3. The summed E-state index contributed by atoms with van der Waals surface area (Å²) in [5, 5.41) is 3.51. The Kier molecular flexibility index (Phi) is 5.81. The first-order valence-corrected chi connectivity index (χ1v) is 10.3. The molecule has 0 fully saturated rings. The van der Waals surface area contributed by atoms with Gasteiger partial charge in [0, 0.05) is 30.5 Å². The Hall–Kier alpha value is -3.18. The molecule has 30 heavy (non-hydrogen) atoms. The minimum Gasteiger partial charge on any atom is -0.341 e. The summed E-state index contributed by atoms with van der Waals surface area (Å²) in [7, 11) is 0. The van der Waals surface area contributed by atoms with E-state index < -0.39 is 11.8 Å². The fraction of sp³-hybridized carbons (Fsp3) is 0.208. The predicted octanol–water partition coefficient (Wildman–Crippen LogP) is 4.16. The van der Waals surface area contributed by atoms with Gasteiger partial charge in [0.2, 0.25) is 0 Å². The van der Waals surface area contributed by atoms with Crippen molar-refractivity contribution in [2.45, 2.75) is 25.9 Å². The highest BCUT2D eigenvalue weighted by molar-refractivity contribution is 6.35. The molecule has 1 atom stereocenters. The first-order chi connectivity index (χ1) is 14.5. The summed E-state index contributed by atoms with van der Waals surface area (Å²) in [5.41, 5.74) is 5.26. The zero-order chi connectivity index (χ0) is 21.1. The summed E-state index contributed by atoms with van der Waals surface area (Å²) in [6.07, 6.45) is 4.21. The zero-order valence-corrected chi connectivity index (χ0v) is 17.4. The van der Waals surface area contributed by atoms with Crippen LogP contribution in [0.3, 0.4) is 0 Å². The van der Waals surface area contributed by atoms with Crippen molar-refractivity contribution in [3.8, 4) is 11.1 Å². The topological polar surface area (TPSA) is 62.3 Å². The highest BCUT2D eigenvalue weighted by Gasteiger charge is 2.26. The molecule has 1 aliphatic rings. The number of nitrogens with one attached hydrogen (secondary N) is 1. The number of nitrogens with zero attached hydrogens (tertiary/aromatic N) is 2. The van der Waals surface area contributed by atoms with Gasteiger partial charge in [-0.2, -0.15) is 0 Å². The van der Waals surface area contributed by atoms with Gasteiger partial charge in [0.05, 0.1) is 6.04 Å². The molecule has 2 amide bonds. The summed E-state index contributed by atoms with van der Waals surface area (Å²) in [6, 6.07) is 17.2. The van der Waals surface area contributed by atoms with E-state index in [9.17, 15) is 9.59 Å². The molecule has 2 aromatic carbocycles. The molecule has 0 radical (unpaired) electrons. The molecule has 3 aromatic rings. The first-order valence-electron chi connectivity index (χ1n) is 9.88. The summed E-state index contributed by atoms with van der Waals surface area (Å²) >= 11 is 6.04. The van der Waals surface area contributed by atoms with Crippen LogP contribution in [0.2, 0.25) is 5.02 Å². The molecule has 152 valence electrons. The van der Waals surface area contributed by atoms with Crippen molar-refractivity contribution in [3.63, 3.8) is 0 Å². The smallest absolute Gasteiger partial charge is 0.312 e. The van der Waals surface area contributed by atoms with Gasteiger partial charge in [0.25, 0.3) is 0 Å². The van der Waals surface area contributed by atoms with Gasteiger partial charge in [-0.05, 0) is 65.4 Å². The van der Waals surface area contributed by atoms with E-state index in [2.05, 4.69) is 10.3 Å². The predicted molar refractivity (Wildman–Crippen MR) is 117 cm³/mol. The van der Waals surface area contributed by atoms with Crippen molar-refractivity contribution in [3.05, 3.63) is 88.7 Å². The van der Waals surface area contributed by atoms with Crippen molar-refractivity contribution >= 4 is 23.4 Å². The van der Waals surface area contributed by atoms with E-state index in [1.807, 2.05) is 61.5 Å². The fourth-order valence-corrected chi connectivity index (χ4v) is 3.88. The maximum absolute atomic E-state index is 12.7. The molecule has 0 spiro atoms. The van der Waals surface area contributed by atoms with E-state index in [-0.39, 0.29) is 6.04 Å². The van der Waals surface area contributed by atoms with Crippen LogP contribution in [0.4, 0.5) is 0 Å². The monoisotopic (exact) mass is 419 g/mol. The largest absolute Gasteiger partial charge is 0.341 e. The van der Waals surface area contributed by atoms with Gasteiger partial charge in [-0.1, -0.05) is 41.9 Å². The third-order valence-corrected chi connectivity index (χ3v) is 5.67. The van der Waals surface area contributed by atoms with Crippen molar-refractivity contribution in [2.75, 3.05) is 6.54 Å². The Bertz CT molecular complexity index is 1070. The Morgan fingerprint density at radius 2 is 1.70 bits per heavy atom. The Morgan fingerprint density at radius 1 is 1.00 bits per heavy atom. The van der Waals surface area contributed by atoms with Crippen LogP contribution in [0.15, 0.2) is 67.0 Å². The molecule has 6 heteroatoms. The second kappa shape index (κ2) is 8.67. The summed E-state index contributed by atoms with van der Waals surface area (Å²) < 4.78 is 0. The third-order valence-electron chi connectivity index (χ3n) is 5.43. The zero-order valence-electron chi connectivity index (χ0n) is 16.6. The number of pyridine rings is 1. The van der Waals surface area contributed by atoms with E-state index in [4.69, 9.17) is 11.6 Å². The van der Waals surface area contributed by atoms with Gasteiger partial charge >= 0.3 is 11.8 Å². The van der Waals surface area contributed by atoms with Crippen molar-refractivity contribution < 1.29 is 9.59 Å². The maximum atomic E-state index is 12.7. The van der Waals surface area contributed by atoms with Crippen LogP contribution in [0.1, 0.15) is 29.7 Å². The number of amides is 2. The Morgan fingerprint density at radius 3 is 2.43 bits per heavy atom. The van der Waals surface area contributed by atoms with Crippen LogP contribution in [0, 0.1) is 0 Å². The molecule has 1 aliphatic heterocycles. The second-order valence-electron chi connectivity index (χ2n) is 7.44. The van der Waals surface area contributed by atoms with E-state index >= 15 is 0 Å². The second-order valence-corrected chi connectivity index (χ2v) is 7.88. The first kappa shape index (κ1) is 20.1. The molecule has 0 aliphatic carbocycles. The van der Waals surface area contributed by atoms with Crippen LogP contribution in [-0.2, 0) is 22.6 Å². The molecular weight excluding hydrogens is 398 g/mol. The summed E-state index contributed by atoms with van der Waals surface area (Å²) in [5.74, 6) is -1.09. The lowest BCUT2D eigenvalue weighted by atomic mass is 9.99. The molecule has 0 bridgehead atoms. The highest BCUT2D eigenvalue weighted by atomic mass is 35.5. The van der Waals surface area contributed by atoms with E-state index in [1.165, 1.54) is 0 Å². The lowest BCUT2D eigenvalue weighted by Crippen LogP contribution is -2.45.